The predicted octanol–water partition coefficient (Wildman–Crippen LogP) is 4.22. The van der Waals surface area contributed by atoms with Crippen LogP contribution in [0.4, 0.5) is 0 Å². The van der Waals surface area contributed by atoms with Crippen LogP contribution in [0, 0.1) is 0 Å². The number of aliphatic carboxylic acids is 1. The molecule has 6 heteroatoms. The van der Waals surface area contributed by atoms with Crippen molar-refractivity contribution in [2.45, 2.75) is 23.5 Å². The van der Waals surface area contributed by atoms with Gasteiger partial charge in [0.1, 0.15) is 0 Å². The molecule has 2 aromatic carbocycles. The first kappa shape index (κ1) is 16.7. The molecule has 1 aliphatic rings. The average molecular weight is 361 g/mol. The molecular weight excluding hydrogens is 348 g/mol. The summed E-state index contributed by atoms with van der Waals surface area (Å²) in [6, 6.07) is 10.1. The van der Waals surface area contributed by atoms with E-state index in [4.69, 9.17) is 16.7 Å². The van der Waals surface area contributed by atoms with Crippen LogP contribution in [-0.2, 0) is 10.5 Å². The smallest absolute Gasteiger partial charge is 0.303 e. The van der Waals surface area contributed by atoms with Gasteiger partial charge in [-0.25, -0.2) is 0 Å². The fourth-order valence-corrected chi connectivity index (χ4v) is 3.84. The Labute approximate surface area is 147 Å². The lowest BCUT2D eigenvalue weighted by Gasteiger charge is -2.07. The van der Waals surface area contributed by atoms with Gasteiger partial charge in [-0.15, -0.1) is 11.8 Å². The number of thioether (sulfide) groups is 1. The Hall–Kier alpha value is -2.11. The molecule has 122 valence electrons. The third-order valence-corrected chi connectivity index (χ3v) is 5.15. The molecule has 0 radical (unpaired) electrons. The zero-order valence-electron chi connectivity index (χ0n) is 12.5. The Morgan fingerprint density at radius 3 is 2.58 bits per heavy atom. The maximum absolute atomic E-state index is 12.7. The van der Waals surface area contributed by atoms with Crippen LogP contribution >= 0.6 is 23.4 Å². The zero-order valence-corrected chi connectivity index (χ0v) is 14.1. The number of ketones is 2. The van der Waals surface area contributed by atoms with Crippen molar-refractivity contribution in [3.63, 3.8) is 0 Å². The summed E-state index contributed by atoms with van der Waals surface area (Å²) in [5.41, 5.74) is 2.47. The number of fused-ring (bicyclic) bond motifs is 2. The van der Waals surface area contributed by atoms with E-state index in [9.17, 15) is 14.4 Å². The number of carbonyl (C=O) groups excluding carboxylic acids is 2. The normalized spacial score (nSPS) is 13.0. The molecule has 3 rings (SSSR count). The van der Waals surface area contributed by atoms with Crippen molar-refractivity contribution in [3.05, 3.63) is 63.7 Å². The Kier molecular flexibility index (Phi) is 4.73. The summed E-state index contributed by atoms with van der Waals surface area (Å²) < 4.78 is 0. The van der Waals surface area contributed by atoms with Gasteiger partial charge in [-0.2, -0.15) is 0 Å². The second-order valence-electron chi connectivity index (χ2n) is 5.45. The van der Waals surface area contributed by atoms with Crippen LogP contribution < -0.4 is 0 Å². The lowest BCUT2D eigenvalue weighted by Crippen LogP contribution is -2.07. The summed E-state index contributed by atoms with van der Waals surface area (Å²) in [4.78, 5) is 36.1. The highest BCUT2D eigenvalue weighted by Gasteiger charge is 2.23. The number of rotatable bonds is 4. The van der Waals surface area contributed by atoms with Crippen molar-refractivity contribution in [3.8, 4) is 0 Å². The summed E-state index contributed by atoms with van der Waals surface area (Å²) >= 11 is 7.48. The minimum Gasteiger partial charge on any atom is -0.481 e. The number of halogens is 1. The topological polar surface area (TPSA) is 71.4 Å². The van der Waals surface area contributed by atoms with Crippen LogP contribution in [0.2, 0.25) is 5.02 Å². The molecule has 1 aliphatic heterocycles. The summed E-state index contributed by atoms with van der Waals surface area (Å²) in [5.74, 6) is -0.749. The van der Waals surface area contributed by atoms with Crippen LogP contribution in [-0.4, -0.2) is 22.6 Å². The molecule has 4 nitrogen and oxygen atoms in total. The van der Waals surface area contributed by atoms with E-state index in [0.29, 0.717) is 27.5 Å². The number of hydrogen-bond acceptors (Lipinski definition) is 4. The van der Waals surface area contributed by atoms with E-state index >= 15 is 0 Å². The van der Waals surface area contributed by atoms with Crippen LogP contribution in [0.3, 0.4) is 0 Å². The maximum Gasteiger partial charge on any atom is 0.303 e. The summed E-state index contributed by atoms with van der Waals surface area (Å²) in [6.07, 6.45) is -0.255. The van der Waals surface area contributed by atoms with Gasteiger partial charge < -0.3 is 5.11 Å². The number of carboxylic acid groups (broad SMARTS) is 1. The summed E-state index contributed by atoms with van der Waals surface area (Å²) in [7, 11) is 0. The molecule has 2 aromatic rings. The lowest BCUT2D eigenvalue weighted by molar-refractivity contribution is -0.136. The quantitative estimate of drug-likeness (QED) is 0.826. The number of benzene rings is 2. The van der Waals surface area contributed by atoms with Crippen molar-refractivity contribution < 1.29 is 19.5 Å². The first-order valence-corrected chi connectivity index (χ1v) is 8.67. The molecule has 0 unspecified atom stereocenters. The fourth-order valence-electron chi connectivity index (χ4n) is 2.57. The van der Waals surface area contributed by atoms with E-state index in [2.05, 4.69) is 0 Å². The summed E-state index contributed by atoms with van der Waals surface area (Å²) in [5, 5.41) is 9.27. The number of carboxylic acids is 1. The highest BCUT2D eigenvalue weighted by Crippen LogP contribution is 2.35. The third-order valence-electron chi connectivity index (χ3n) is 3.81. The van der Waals surface area contributed by atoms with Gasteiger partial charge >= 0.3 is 5.97 Å². The molecule has 24 heavy (non-hydrogen) atoms. The molecule has 0 saturated carbocycles. The Morgan fingerprint density at radius 2 is 1.83 bits per heavy atom. The van der Waals surface area contributed by atoms with E-state index < -0.39 is 5.97 Å². The van der Waals surface area contributed by atoms with Crippen molar-refractivity contribution in [1.29, 1.82) is 0 Å². The Bertz CT molecular complexity index is 860. The van der Waals surface area contributed by atoms with Crippen LogP contribution in [0.15, 0.2) is 41.3 Å². The van der Waals surface area contributed by atoms with Gasteiger partial charge in [0, 0.05) is 38.8 Å². The van der Waals surface area contributed by atoms with E-state index in [-0.39, 0.29) is 24.4 Å². The van der Waals surface area contributed by atoms with Gasteiger partial charge in [-0.05, 0) is 35.9 Å². The highest BCUT2D eigenvalue weighted by atomic mass is 35.5. The average Bonchev–Trinajstić information content (AvgIpc) is 2.69. The van der Waals surface area contributed by atoms with Crippen molar-refractivity contribution >= 4 is 40.9 Å². The SMILES string of the molecule is O=C(O)CCC(=O)c1ccc2c(c1)SCc1cc(Cl)ccc1C2=O. The monoisotopic (exact) mass is 360 g/mol. The van der Waals surface area contributed by atoms with Crippen LogP contribution in [0.25, 0.3) is 0 Å². The lowest BCUT2D eigenvalue weighted by atomic mass is 9.97. The molecule has 0 fully saturated rings. The molecule has 0 aromatic heterocycles. The Balaban J connectivity index is 1.93. The molecule has 0 bridgehead atoms. The molecule has 0 amide bonds. The first-order valence-electron chi connectivity index (χ1n) is 7.30. The number of carbonyl (C=O) groups is 3. The summed E-state index contributed by atoms with van der Waals surface area (Å²) in [6.45, 7) is 0. The van der Waals surface area contributed by atoms with Crippen LogP contribution in [0.5, 0.6) is 0 Å². The second kappa shape index (κ2) is 6.79. The third kappa shape index (κ3) is 3.37. The van der Waals surface area contributed by atoms with Crippen molar-refractivity contribution in [2.75, 3.05) is 0 Å². The van der Waals surface area contributed by atoms with Gasteiger partial charge in [0.2, 0.25) is 0 Å². The van der Waals surface area contributed by atoms with Gasteiger partial charge in [0.25, 0.3) is 0 Å². The standard InChI is InChI=1S/C18H13ClO4S/c19-12-2-4-13-11(7-12)9-24-16-8-10(1-3-14(16)18(13)23)15(20)5-6-17(21)22/h1-4,7-8H,5-6,9H2,(H,21,22). The number of hydrogen-bond donors (Lipinski definition) is 1. The van der Waals surface area contributed by atoms with Gasteiger partial charge in [0.15, 0.2) is 11.6 Å². The first-order chi connectivity index (χ1) is 11.5. The van der Waals surface area contributed by atoms with Crippen molar-refractivity contribution in [1.82, 2.24) is 0 Å². The molecule has 1 heterocycles. The van der Waals surface area contributed by atoms with E-state index in [1.165, 1.54) is 11.8 Å². The molecule has 0 saturated heterocycles. The van der Waals surface area contributed by atoms with E-state index in [1.807, 2.05) is 0 Å². The fraction of sp³-hybridized carbons (Fsp3) is 0.167. The van der Waals surface area contributed by atoms with E-state index in [1.54, 1.807) is 36.4 Å². The minimum absolute atomic E-state index is 0.0530. The molecule has 0 spiro atoms. The van der Waals surface area contributed by atoms with Crippen molar-refractivity contribution in [2.24, 2.45) is 0 Å². The largest absolute Gasteiger partial charge is 0.481 e. The zero-order chi connectivity index (χ0) is 17.3. The number of Topliss-reactive ketones (excluding diaryl/α,β-unsaturated/α-hetero) is 1. The highest BCUT2D eigenvalue weighted by molar-refractivity contribution is 7.98. The molecule has 0 atom stereocenters. The molecule has 0 aliphatic carbocycles. The Morgan fingerprint density at radius 1 is 1.08 bits per heavy atom. The second-order valence-corrected chi connectivity index (χ2v) is 6.90. The van der Waals surface area contributed by atoms with E-state index in [0.717, 1.165) is 10.5 Å². The van der Waals surface area contributed by atoms with Crippen LogP contribution in [0.1, 0.15) is 44.7 Å². The van der Waals surface area contributed by atoms with Gasteiger partial charge in [-0.3, -0.25) is 14.4 Å². The molecular formula is C18H13ClO4S. The predicted molar refractivity (Wildman–Crippen MR) is 92.1 cm³/mol. The van der Waals surface area contributed by atoms with Gasteiger partial charge in [-0.1, -0.05) is 17.7 Å². The minimum atomic E-state index is -1.00. The van der Waals surface area contributed by atoms with Gasteiger partial charge in [0.05, 0.1) is 6.42 Å². The molecule has 1 N–H and O–H groups in total. The maximum atomic E-state index is 12.7.